The molecule has 7 heteroatoms. The number of hydrogen-bond donors (Lipinski definition) is 1. The number of rotatable bonds is 5. The number of ether oxygens (including phenoxy) is 1. The normalized spacial score (nSPS) is 37.5. The first kappa shape index (κ1) is 20.4. The largest absolute Gasteiger partial charge is 0.450 e. The molecule has 1 saturated carbocycles. The number of piperidine rings is 1. The fourth-order valence-electron chi connectivity index (χ4n) is 6.18. The summed E-state index contributed by atoms with van der Waals surface area (Å²) in [5, 5.41) is 9.28. The molecule has 0 aromatic carbocycles. The molecule has 0 unspecified atom stereocenters. The van der Waals surface area contributed by atoms with Crippen molar-refractivity contribution < 1.29 is 19.0 Å². The van der Waals surface area contributed by atoms with Crippen molar-refractivity contribution in [1.82, 2.24) is 14.7 Å². The van der Waals surface area contributed by atoms with Gasteiger partial charge >= 0.3 is 6.09 Å². The van der Waals surface area contributed by atoms with Gasteiger partial charge in [0.15, 0.2) is 0 Å². The molecule has 3 aliphatic heterocycles. The van der Waals surface area contributed by atoms with Gasteiger partial charge in [-0.3, -0.25) is 4.90 Å². The van der Waals surface area contributed by atoms with Gasteiger partial charge in [-0.05, 0) is 70.4 Å². The minimum atomic E-state index is -0.731. The maximum atomic E-state index is 13.9. The van der Waals surface area contributed by atoms with Gasteiger partial charge in [-0.25, -0.2) is 9.18 Å². The summed E-state index contributed by atoms with van der Waals surface area (Å²) in [7, 11) is 0. The predicted octanol–water partition coefficient (Wildman–Crippen LogP) is 2.26. The second kappa shape index (κ2) is 8.44. The van der Waals surface area contributed by atoms with E-state index in [1.54, 1.807) is 0 Å². The van der Waals surface area contributed by atoms with E-state index in [1.165, 1.54) is 12.8 Å². The van der Waals surface area contributed by atoms with E-state index in [0.29, 0.717) is 43.5 Å². The number of aliphatic hydroxyl groups excluding tert-OH is 1. The summed E-state index contributed by atoms with van der Waals surface area (Å²) >= 11 is 0. The van der Waals surface area contributed by atoms with Gasteiger partial charge in [0.1, 0.15) is 6.17 Å². The molecule has 1 aliphatic carbocycles. The Bertz CT molecular complexity index is 549. The minimum Gasteiger partial charge on any atom is -0.450 e. The van der Waals surface area contributed by atoms with E-state index in [1.807, 2.05) is 11.8 Å². The van der Waals surface area contributed by atoms with Gasteiger partial charge in [0.2, 0.25) is 0 Å². The van der Waals surface area contributed by atoms with E-state index in [9.17, 15) is 14.3 Å². The van der Waals surface area contributed by atoms with Gasteiger partial charge in [0.25, 0.3) is 0 Å². The van der Waals surface area contributed by atoms with Crippen molar-refractivity contribution in [2.45, 2.75) is 76.2 Å². The molecule has 0 aromatic rings. The molecule has 0 bridgehead atoms. The maximum absolute atomic E-state index is 13.9. The quantitative estimate of drug-likeness (QED) is 0.771. The van der Waals surface area contributed by atoms with Crippen molar-refractivity contribution in [2.24, 2.45) is 5.41 Å². The van der Waals surface area contributed by atoms with Gasteiger partial charge in [-0.1, -0.05) is 0 Å². The molecule has 2 atom stereocenters. The van der Waals surface area contributed by atoms with Gasteiger partial charge in [0, 0.05) is 44.4 Å². The van der Waals surface area contributed by atoms with Crippen LogP contribution in [0, 0.1) is 5.41 Å². The first-order valence-electron chi connectivity index (χ1n) is 11.2. The van der Waals surface area contributed by atoms with Crippen LogP contribution in [-0.4, -0.2) is 96.1 Å². The first-order valence-corrected chi connectivity index (χ1v) is 11.2. The molecule has 28 heavy (non-hydrogen) atoms. The first-order chi connectivity index (χ1) is 13.5. The van der Waals surface area contributed by atoms with E-state index >= 15 is 0 Å². The van der Waals surface area contributed by atoms with Crippen molar-refractivity contribution in [3.05, 3.63) is 0 Å². The summed E-state index contributed by atoms with van der Waals surface area (Å²) in [6, 6.07) is 1.33. The third-order valence-electron chi connectivity index (χ3n) is 7.65. The van der Waals surface area contributed by atoms with Crippen molar-refractivity contribution >= 4 is 6.09 Å². The van der Waals surface area contributed by atoms with Gasteiger partial charge < -0.3 is 19.6 Å². The zero-order valence-electron chi connectivity index (χ0n) is 17.2. The number of alkyl halides is 1. The summed E-state index contributed by atoms with van der Waals surface area (Å²) < 4.78 is 19.1. The van der Waals surface area contributed by atoms with E-state index < -0.39 is 6.17 Å². The third-order valence-corrected chi connectivity index (χ3v) is 7.65. The van der Waals surface area contributed by atoms with Crippen molar-refractivity contribution in [3.8, 4) is 0 Å². The predicted molar refractivity (Wildman–Crippen MR) is 105 cm³/mol. The van der Waals surface area contributed by atoms with Gasteiger partial charge in [-0.2, -0.15) is 0 Å². The molecule has 1 N–H and O–H groups in total. The van der Waals surface area contributed by atoms with Crippen LogP contribution in [-0.2, 0) is 4.74 Å². The SMILES string of the molecule is CCOC(=O)N1CCC2(CC(N3CCC(N4C[C@@H](F)C[C@@H]4CCO)CC3)C2)C1. The molecular weight excluding hydrogens is 361 g/mol. The monoisotopic (exact) mass is 397 g/mol. The molecule has 1 amide bonds. The zero-order chi connectivity index (χ0) is 19.7. The topological polar surface area (TPSA) is 56.2 Å². The number of hydrogen-bond acceptors (Lipinski definition) is 5. The zero-order valence-corrected chi connectivity index (χ0v) is 17.2. The number of nitrogens with zero attached hydrogens (tertiary/aromatic N) is 3. The van der Waals surface area contributed by atoms with Crippen LogP contribution in [0.5, 0.6) is 0 Å². The highest BCUT2D eigenvalue weighted by Crippen LogP contribution is 2.50. The molecule has 3 saturated heterocycles. The molecule has 4 aliphatic rings. The Morgan fingerprint density at radius 3 is 2.64 bits per heavy atom. The van der Waals surface area contributed by atoms with Crippen molar-refractivity contribution in [3.63, 3.8) is 0 Å². The summed E-state index contributed by atoms with van der Waals surface area (Å²) in [6.07, 6.45) is 6.09. The smallest absolute Gasteiger partial charge is 0.409 e. The van der Waals surface area contributed by atoms with Crippen LogP contribution < -0.4 is 0 Å². The molecule has 0 aromatic heterocycles. The van der Waals surface area contributed by atoms with E-state index in [4.69, 9.17) is 4.74 Å². The van der Waals surface area contributed by atoms with E-state index in [-0.39, 0.29) is 18.7 Å². The number of halogens is 1. The fraction of sp³-hybridized carbons (Fsp3) is 0.952. The second-order valence-electron chi connectivity index (χ2n) is 9.40. The summed E-state index contributed by atoms with van der Waals surface area (Å²) in [6.45, 7) is 6.87. The number of likely N-dealkylation sites (tertiary alicyclic amines) is 3. The molecule has 160 valence electrons. The molecule has 3 heterocycles. The lowest BCUT2D eigenvalue weighted by molar-refractivity contribution is -0.0183. The second-order valence-corrected chi connectivity index (χ2v) is 9.40. The molecule has 6 nitrogen and oxygen atoms in total. The minimum absolute atomic E-state index is 0.152. The van der Waals surface area contributed by atoms with Crippen LogP contribution in [0.1, 0.15) is 51.9 Å². The highest BCUT2D eigenvalue weighted by Gasteiger charge is 2.51. The standard InChI is InChI=1S/C21H36FN3O3/c1-2-28-20(27)24-9-6-21(15-24)12-19(13-21)23-7-3-17(4-8-23)25-14-16(22)11-18(25)5-10-26/h16-19,26H,2-15H2,1H3/t16-,18-,19?,21?/m0/s1. The Balaban J connectivity index is 1.22. The average Bonchev–Trinajstić information content (AvgIpc) is 3.26. The van der Waals surface area contributed by atoms with E-state index in [0.717, 1.165) is 45.4 Å². The summed E-state index contributed by atoms with van der Waals surface area (Å²) in [4.78, 5) is 18.8. The van der Waals surface area contributed by atoms with Crippen molar-refractivity contribution in [1.29, 1.82) is 0 Å². The molecule has 0 radical (unpaired) electrons. The van der Waals surface area contributed by atoms with Crippen LogP contribution in [0.3, 0.4) is 0 Å². The highest BCUT2D eigenvalue weighted by molar-refractivity contribution is 5.68. The Kier molecular flexibility index (Phi) is 6.14. The summed E-state index contributed by atoms with van der Waals surface area (Å²) in [5.74, 6) is 0. The van der Waals surface area contributed by atoms with E-state index in [2.05, 4.69) is 9.80 Å². The maximum Gasteiger partial charge on any atom is 0.409 e. The summed E-state index contributed by atoms with van der Waals surface area (Å²) in [5.41, 5.74) is 0.316. The number of carbonyl (C=O) groups is 1. The average molecular weight is 398 g/mol. The molecular formula is C21H36FN3O3. The van der Waals surface area contributed by atoms with Crippen LogP contribution in [0.2, 0.25) is 0 Å². The Labute approximate surface area is 168 Å². The molecule has 4 rings (SSSR count). The molecule has 4 fully saturated rings. The lowest BCUT2D eigenvalue weighted by atomic mass is 9.64. The Morgan fingerprint density at radius 2 is 1.96 bits per heavy atom. The van der Waals surface area contributed by atoms with Crippen LogP contribution in [0.25, 0.3) is 0 Å². The van der Waals surface area contributed by atoms with Crippen LogP contribution in [0.15, 0.2) is 0 Å². The molecule has 1 spiro atoms. The third kappa shape index (κ3) is 4.03. The van der Waals surface area contributed by atoms with Crippen LogP contribution in [0.4, 0.5) is 9.18 Å². The van der Waals surface area contributed by atoms with Crippen LogP contribution >= 0.6 is 0 Å². The number of carbonyl (C=O) groups excluding carboxylic acids is 1. The highest BCUT2D eigenvalue weighted by atomic mass is 19.1. The number of amides is 1. The lowest BCUT2D eigenvalue weighted by Crippen LogP contribution is -2.56. The Hall–Kier alpha value is -0.920. The van der Waals surface area contributed by atoms with Gasteiger partial charge in [-0.15, -0.1) is 0 Å². The van der Waals surface area contributed by atoms with Gasteiger partial charge in [0.05, 0.1) is 6.61 Å². The van der Waals surface area contributed by atoms with Crippen molar-refractivity contribution in [2.75, 3.05) is 45.9 Å². The number of aliphatic hydroxyl groups is 1. The fourth-order valence-corrected chi connectivity index (χ4v) is 6.18. The Morgan fingerprint density at radius 1 is 1.21 bits per heavy atom. The lowest BCUT2D eigenvalue weighted by Gasteiger charge is -2.52.